The number of rotatable bonds is 3. The van der Waals surface area contributed by atoms with E-state index in [9.17, 15) is 0 Å². The number of benzene rings is 1. The van der Waals surface area contributed by atoms with Gasteiger partial charge in [-0.15, -0.1) is 0 Å². The predicted octanol–water partition coefficient (Wildman–Crippen LogP) is 0.290. The molecule has 0 bridgehead atoms. The molecule has 0 saturated heterocycles. The van der Waals surface area contributed by atoms with E-state index in [0.717, 1.165) is 18.5 Å². The SMILES string of the molecule is [CH2-][NH2+]CCc1cccc(O)c1. The summed E-state index contributed by atoms with van der Waals surface area (Å²) in [4.78, 5) is 0. The van der Waals surface area contributed by atoms with Gasteiger partial charge in [-0.25, -0.2) is 0 Å². The van der Waals surface area contributed by atoms with Crippen molar-refractivity contribution in [3.63, 3.8) is 0 Å². The third kappa shape index (κ3) is 2.60. The van der Waals surface area contributed by atoms with Gasteiger partial charge in [-0.05, 0) is 17.7 Å². The van der Waals surface area contributed by atoms with E-state index in [4.69, 9.17) is 5.11 Å². The summed E-state index contributed by atoms with van der Waals surface area (Å²) in [5, 5.41) is 11.0. The van der Waals surface area contributed by atoms with Crippen molar-refractivity contribution in [1.29, 1.82) is 0 Å². The number of phenolic OH excluding ortho intramolecular Hbond substituents is 1. The molecular weight excluding hydrogens is 138 g/mol. The zero-order chi connectivity index (χ0) is 8.10. The lowest BCUT2D eigenvalue weighted by atomic mass is 10.1. The van der Waals surface area contributed by atoms with Gasteiger partial charge in [0.15, 0.2) is 0 Å². The Kier molecular flexibility index (Phi) is 2.93. The number of hydrogen-bond acceptors (Lipinski definition) is 1. The normalized spacial score (nSPS) is 9.91. The van der Waals surface area contributed by atoms with Gasteiger partial charge in [0, 0.05) is 6.42 Å². The standard InChI is InChI=1S/C9H13NO/c1-10-6-5-8-3-2-4-9(11)7-8/h2-4,7,11H,1,5-6,10H2. The molecule has 0 aliphatic rings. The maximum absolute atomic E-state index is 9.09. The minimum Gasteiger partial charge on any atom is -0.508 e. The van der Waals surface area contributed by atoms with Gasteiger partial charge < -0.3 is 10.4 Å². The molecule has 60 valence electrons. The first kappa shape index (κ1) is 8.08. The minimum atomic E-state index is 0.339. The molecule has 11 heavy (non-hydrogen) atoms. The van der Waals surface area contributed by atoms with Crippen molar-refractivity contribution >= 4 is 0 Å². The Morgan fingerprint density at radius 1 is 1.45 bits per heavy atom. The van der Waals surface area contributed by atoms with E-state index in [2.05, 4.69) is 7.05 Å². The van der Waals surface area contributed by atoms with Crippen molar-refractivity contribution in [2.45, 2.75) is 6.42 Å². The summed E-state index contributed by atoms with van der Waals surface area (Å²) in [6, 6.07) is 7.32. The highest BCUT2D eigenvalue weighted by atomic mass is 16.3. The second-order valence-corrected chi connectivity index (χ2v) is 2.50. The van der Waals surface area contributed by atoms with Crippen LogP contribution in [0.2, 0.25) is 0 Å². The molecule has 2 heteroatoms. The van der Waals surface area contributed by atoms with Crippen LogP contribution in [0.1, 0.15) is 5.56 Å². The number of quaternary nitrogens is 1. The molecule has 0 atom stereocenters. The number of phenols is 1. The van der Waals surface area contributed by atoms with Gasteiger partial charge in [-0.2, -0.15) is 7.05 Å². The van der Waals surface area contributed by atoms with Gasteiger partial charge in [-0.1, -0.05) is 12.1 Å². The van der Waals surface area contributed by atoms with Crippen molar-refractivity contribution < 1.29 is 10.4 Å². The summed E-state index contributed by atoms with van der Waals surface area (Å²) in [6.07, 6.45) is 0.956. The van der Waals surface area contributed by atoms with Crippen LogP contribution in [-0.4, -0.2) is 11.7 Å². The number of aromatic hydroxyl groups is 1. The van der Waals surface area contributed by atoms with E-state index in [1.54, 1.807) is 12.1 Å². The Hall–Kier alpha value is -1.02. The molecule has 0 aliphatic heterocycles. The first-order valence-corrected chi connectivity index (χ1v) is 3.72. The second-order valence-electron chi connectivity index (χ2n) is 2.50. The summed E-state index contributed by atoms with van der Waals surface area (Å²) in [6.45, 7) is 0.962. The number of hydrogen-bond donors (Lipinski definition) is 2. The third-order valence-corrected chi connectivity index (χ3v) is 1.55. The van der Waals surface area contributed by atoms with Gasteiger partial charge in [0.25, 0.3) is 0 Å². The van der Waals surface area contributed by atoms with E-state index in [1.165, 1.54) is 0 Å². The highest BCUT2D eigenvalue weighted by Crippen LogP contribution is 2.10. The molecule has 1 rings (SSSR count). The largest absolute Gasteiger partial charge is 0.508 e. The Balaban J connectivity index is 2.56. The lowest BCUT2D eigenvalue weighted by Crippen LogP contribution is -2.77. The average molecular weight is 151 g/mol. The maximum Gasteiger partial charge on any atom is 0.115 e. The topological polar surface area (TPSA) is 36.8 Å². The molecule has 0 aliphatic carbocycles. The van der Waals surface area contributed by atoms with Crippen LogP contribution in [0.4, 0.5) is 0 Å². The molecule has 0 amide bonds. The van der Waals surface area contributed by atoms with E-state index >= 15 is 0 Å². The maximum atomic E-state index is 9.09. The number of nitrogens with two attached hydrogens (primary N) is 1. The lowest BCUT2D eigenvalue weighted by Gasteiger charge is -2.00. The smallest absolute Gasteiger partial charge is 0.115 e. The fourth-order valence-electron chi connectivity index (χ4n) is 0.981. The molecule has 0 radical (unpaired) electrons. The molecule has 0 heterocycles. The predicted molar refractivity (Wildman–Crippen MR) is 44.0 cm³/mol. The quantitative estimate of drug-likeness (QED) is 0.598. The molecule has 0 saturated carbocycles. The molecule has 0 unspecified atom stereocenters. The summed E-state index contributed by atoms with van der Waals surface area (Å²) in [5.74, 6) is 0.339. The Bertz CT molecular complexity index is 223. The molecule has 1 aromatic carbocycles. The average Bonchev–Trinajstić information content (AvgIpc) is 2.01. The van der Waals surface area contributed by atoms with Crippen molar-refractivity contribution in [3.05, 3.63) is 36.9 Å². The fourth-order valence-corrected chi connectivity index (χ4v) is 0.981. The Labute approximate surface area is 66.9 Å². The highest BCUT2D eigenvalue weighted by Gasteiger charge is 1.92. The highest BCUT2D eigenvalue weighted by molar-refractivity contribution is 5.27. The van der Waals surface area contributed by atoms with E-state index in [1.807, 2.05) is 17.4 Å². The summed E-state index contributed by atoms with van der Waals surface area (Å²) < 4.78 is 0. The van der Waals surface area contributed by atoms with Crippen LogP contribution >= 0.6 is 0 Å². The molecule has 1 aromatic rings. The van der Waals surface area contributed by atoms with Gasteiger partial charge in [0.2, 0.25) is 0 Å². The summed E-state index contributed by atoms with van der Waals surface area (Å²) >= 11 is 0. The van der Waals surface area contributed by atoms with Crippen molar-refractivity contribution in [3.8, 4) is 5.75 Å². The monoisotopic (exact) mass is 151 g/mol. The zero-order valence-corrected chi connectivity index (χ0v) is 6.46. The minimum absolute atomic E-state index is 0.339. The van der Waals surface area contributed by atoms with Crippen LogP contribution in [0.3, 0.4) is 0 Å². The van der Waals surface area contributed by atoms with Crippen molar-refractivity contribution in [2.24, 2.45) is 0 Å². The molecule has 0 spiro atoms. The van der Waals surface area contributed by atoms with E-state index in [-0.39, 0.29) is 0 Å². The molecule has 2 nitrogen and oxygen atoms in total. The van der Waals surface area contributed by atoms with Crippen LogP contribution in [0.15, 0.2) is 24.3 Å². The van der Waals surface area contributed by atoms with Crippen molar-refractivity contribution in [2.75, 3.05) is 6.54 Å². The molecular formula is C9H13NO. The first-order valence-electron chi connectivity index (χ1n) is 3.72. The van der Waals surface area contributed by atoms with Crippen LogP contribution < -0.4 is 5.32 Å². The summed E-state index contributed by atoms with van der Waals surface area (Å²) in [7, 11) is 3.64. The van der Waals surface area contributed by atoms with Crippen molar-refractivity contribution in [1.82, 2.24) is 0 Å². The van der Waals surface area contributed by atoms with Gasteiger partial charge in [0.1, 0.15) is 5.75 Å². The lowest BCUT2D eigenvalue weighted by molar-refractivity contribution is -0.594. The second kappa shape index (κ2) is 3.98. The van der Waals surface area contributed by atoms with E-state index in [0.29, 0.717) is 5.75 Å². The van der Waals surface area contributed by atoms with Gasteiger partial charge >= 0.3 is 0 Å². The Morgan fingerprint density at radius 3 is 2.91 bits per heavy atom. The molecule has 0 fully saturated rings. The summed E-state index contributed by atoms with van der Waals surface area (Å²) in [5.41, 5.74) is 1.16. The van der Waals surface area contributed by atoms with Gasteiger partial charge in [0.05, 0.1) is 6.54 Å². The molecule has 3 N–H and O–H groups in total. The fraction of sp³-hybridized carbons (Fsp3) is 0.222. The Morgan fingerprint density at radius 2 is 2.27 bits per heavy atom. The van der Waals surface area contributed by atoms with E-state index < -0.39 is 0 Å². The van der Waals surface area contributed by atoms with Crippen LogP contribution in [0.5, 0.6) is 5.75 Å². The van der Waals surface area contributed by atoms with Gasteiger partial charge in [-0.3, -0.25) is 0 Å². The van der Waals surface area contributed by atoms with Crippen LogP contribution in [-0.2, 0) is 6.42 Å². The third-order valence-electron chi connectivity index (χ3n) is 1.55. The molecule has 0 aromatic heterocycles. The van der Waals surface area contributed by atoms with Crippen LogP contribution in [0.25, 0.3) is 0 Å². The zero-order valence-electron chi connectivity index (χ0n) is 6.46. The first-order chi connectivity index (χ1) is 5.33. The van der Waals surface area contributed by atoms with Crippen LogP contribution in [0, 0.1) is 7.05 Å².